The maximum Gasteiger partial charge on any atom is 0.180 e. The molecule has 2 aromatic rings. The number of nitrogens with one attached hydrogen (secondary N) is 2. The molecule has 2 N–H and O–H groups in total. The van der Waals surface area contributed by atoms with E-state index >= 15 is 0 Å². The summed E-state index contributed by atoms with van der Waals surface area (Å²) < 4.78 is 5.20. The Morgan fingerprint density at radius 1 is 1.33 bits per heavy atom. The molecule has 7 nitrogen and oxygen atoms in total. The van der Waals surface area contributed by atoms with Crippen molar-refractivity contribution in [3.05, 3.63) is 35.7 Å². The smallest absolute Gasteiger partial charge is 0.180 e. The number of hydrogen-bond donors (Lipinski definition) is 2. The Morgan fingerprint density at radius 3 is 3.15 bits per heavy atom. The van der Waals surface area contributed by atoms with Gasteiger partial charge in [-0.15, -0.1) is 0 Å². The molecule has 2 aliphatic rings. The molecule has 0 radical (unpaired) electrons. The van der Waals surface area contributed by atoms with Crippen LogP contribution < -0.4 is 10.6 Å². The summed E-state index contributed by atoms with van der Waals surface area (Å²) in [6.45, 7) is 6.81. The van der Waals surface area contributed by atoms with E-state index in [0.717, 1.165) is 69.5 Å². The van der Waals surface area contributed by atoms with Gasteiger partial charge in [0.05, 0.1) is 12.3 Å². The third kappa shape index (κ3) is 4.43. The molecule has 27 heavy (non-hydrogen) atoms. The van der Waals surface area contributed by atoms with E-state index in [1.165, 1.54) is 12.0 Å². The fourth-order valence-corrected chi connectivity index (χ4v) is 3.86. The van der Waals surface area contributed by atoms with E-state index in [1.807, 2.05) is 18.2 Å². The predicted molar refractivity (Wildman–Crippen MR) is 106 cm³/mol. The van der Waals surface area contributed by atoms with Gasteiger partial charge in [-0.25, -0.2) is 9.97 Å². The Kier molecular flexibility index (Phi) is 5.91. The zero-order chi connectivity index (χ0) is 18.5. The van der Waals surface area contributed by atoms with Crippen molar-refractivity contribution in [1.82, 2.24) is 25.2 Å². The standard InChI is InChI=1S/C20H28N6O/c1-27-11-10-26-9-6-15(14-26)12-23-19-16-5-8-21-13-18(16)24-20(25-19)17-4-2-3-7-22-17/h2-4,7,15,21H,5-6,8-14H2,1H3,(H,23,24,25)/t15-/m1/s1. The highest BCUT2D eigenvalue weighted by atomic mass is 16.5. The first-order chi connectivity index (χ1) is 13.3. The van der Waals surface area contributed by atoms with Gasteiger partial charge in [-0.2, -0.15) is 0 Å². The van der Waals surface area contributed by atoms with Gasteiger partial charge in [0.15, 0.2) is 5.82 Å². The van der Waals surface area contributed by atoms with E-state index in [4.69, 9.17) is 14.7 Å². The summed E-state index contributed by atoms with van der Waals surface area (Å²) in [5.74, 6) is 2.33. The number of nitrogens with zero attached hydrogens (tertiary/aromatic N) is 4. The van der Waals surface area contributed by atoms with Crippen molar-refractivity contribution in [3.63, 3.8) is 0 Å². The summed E-state index contributed by atoms with van der Waals surface area (Å²) in [6, 6.07) is 5.86. The van der Waals surface area contributed by atoms with E-state index in [9.17, 15) is 0 Å². The molecule has 0 saturated carbocycles. The number of pyridine rings is 1. The van der Waals surface area contributed by atoms with E-state index < -0.39 is 0 Å². The largest absolute Gasteiger partial charge is 0.383 e. The van der Waals surface area contributed by atoms with Gasteiger partial charge in [0.25, 0.3) is 0 Å². The molecule has 2 aliphatic heterocycles. The van der Waals surface area contributed by atoms with Crippen LogP contribution in [0.3, 0.4) is 0 Å². The Bertz CT molecular complexity index is 754. The van der Waals surface area contributed by atoms with E-state index in [-0.39, 0.29) is 0 Å². The average molecular weight is 368 g/mol. The lowest BCUT2D eigenvalue weighted by Crippen LogP contribution is -2.28. The molecule has 1 fully saturated rings. The van der Waals surface area contributed by atoms with Crippen molar-refractivity contribution in [2.24, 2.45) is 5.92 Å². The van der Waals surface area contributed by atoms with Crippen molar-refractivity contribution in [1.29, 1.82) is 0 Å². The summed E-state index contributed by atoms with van der Waals surface area (Å²) in [5.41, 5.74) is 3.16. The van der Waals surface area contributed by atoms with E-state index in [0.29, 0.717) is 11.7 Å². The molecule has 4 heterocycles. The van der Waals surface area contributed by atoms with Gasteiger partial charge < -0.3 is 20.3 Å². The summed E-state index contributed by atoms with van der Waals surface area (Å²) in [4.78, 5) is 16.5. The topological polar surface area (TPSA) is 75.2 Å². The molecule has 0 amide bonds. The van der Waals surface area contributed by atoms with E-state index in [2.05, 4.69) is 20.5 Å². The van der Waals surface area contributed by atoms with Gasteiger partial charge in [-0.05, 0) is 44.0 Å². The third-order valence-corrected chi connectivity index (χ3v) is 5.37. The van der Waals surface area contributed by atoms with Crippen LogP contribution in [0.1, 0.15) is 17.7 Å². The summed E-state index contributed by atoms with van der Waals surface area (Å²) in [6.07, 6.45) is 3.97. The Morgan fingerprint density at radius 2 is 2.30 bits per heavy atom. The molecule has 0 aromatic carbocycles. The van der Waals surface area contributed by atoms with Gasteiger partial charge >= 0.3 is 0 Å². The number of likely N-dealkylation sites (tertiary alicyclic amines) is 1. The number of rotatable bonds is 7. The number of fused-ring (bicyclic) bond motifs is 1. The molecule has 7 heteroatoms. The molecule has 0 unspecified atom stereocenters. The average Bonchev–Trinajstić information content (AvgIpc) is 3.18. The lowest BCUT2D eigenvalue weighted by molar-refractivity contribution is 0.159. The molecule has 144 valence electrons. The van der Waals surface area contributed by atoms with Crippen LogP contribution in [0.5, 0.6) is 0 Å². The van der Waals surface area contributed by atoms with Crippen LogP contribution >= 0.6 is 0 Å². The minimum absolute atomic E-state index is 0.646. The molecular formula is C20H28N6O. The fraction of sp³-hybridized carbons (Fsp3) is 0.550. The highest BCUT2D eigenvalue weighted by molar-refractivity contribution is 5.57. The number of methoxy groups -OCH3 is 1. The Labute approximate surface area is 160 Å². The van der Waals surface area contributed by atoms with Gasteiger partial charge in [0, 0.05) is 45.0 Å². The molecule has 4 rings (SSSR count). The van der Waals surface area contributed by atoms with Crippen molar-refractivity contribution in [3.8, 4) is 11.5 Å². The molecule has 1 saturated heterocycles. The summed E-state index contributed by atoms with van der Waals surface area (Å²) in [7, 11) is 1.77. The van der Waals surface area contributed by atoms with Crippen molar-refractivity contribution >= 4 is 5.82 Å². The molecule has 0 aliphatic carbocycles. The van der Waals surface area contributed by atoms with Crippen LogP contribution in [0, 0.1) is 5.92 Å². The highest BCUT2D eigenvalue weighted by Gasteiger charge is 2.23. The minimum atomic E-state index is 0.646. The first kappa shape index (κ1) is 18.3. The molecular weight excluding hydrogens is 340 g/mol. The van der Waals surface area contributed by atoms with Crippen LogP contribution in [0.25, 0.3) is 11.5 Å². The molecule has 2 aromatic heterocycles. The normalized spacial score (nSPS) is 19.8. The number of anilines is 1. The van der Waals surface area contributed by atoms with Crippen LogP contribution in [-0.2, 0) is 17.7 Å². The van der Waals surface area contributed by atoms with Crippen molar-refractivity contribution in [2.75, 3.05) is 51.8 Å². The van der Waals surface area contributed by atoms with E-state index in [1.54, 1.807) is 13.3 Å². The third-order valence-electron chi connectivity index (χ3n) is 5.37. The Hall–Kier alpha value is -2.09. The van der Waals surface area contributed by atoms with Crippen LogP contribution in [-0.4, -0.2) is 66.3 Å². The fourth-order valence-electron chi connectivity index (χ4n) is 3.86. The maximum absolute atomic E-state index is 5.20. The molecule has 1 atom stereocenters. The number of hydrogen-bond acceptors (Lipinski definition) is 7. The molecule has 0 bridgehead atoms. The predicted octanol–water partition coefficient (Wildman–Crippen LogP) is 1.56. The Balaban J connectivity index is 1.48. The van der Waals surface area contributed by atoms with Crippen LogP contribution in [0.2, 0.25) is 0 Å². The first-order valence-electron chi connectivity index (χ1n) is 9.80. The van der Waals surface area contributed by atoms with Gasteiger partial charge in [0.2, 0.25) is 0 Å². The van der Waals surface area contributed by atoms with Crippen molar-refractivity contribution in [2.45, 2.75) is 19.4 Å². The second-order valence-corrected chi connectivity index (χ2v) is 7.29. The summed E-state index contributed by atoms with van der Waals surface area (Å²) in [5, 5.41) is 7.05. The second-order valence-electron chi connectivity index (χ2n) is 7.29. The minimum Gasteiger partial charge on any atom is -0.383 e. The van der Waals surface area contributed by atoms with Crippen LogP contribution in [0.15, 0.2) is 24.4 Å². The zero-order valence-electron chi connectivity index (χ0n) is 15.9. The quantitative estimate of drug-likeness (QED) is 0.768. The number of aromatic nitrogens is 3. The van der Waals surface area contributed by atoms with Crippen LogP contribution in [0.4, 0.5) is 5.82 Å². The van der Waals surface area contributed by atoms with Crippen molar-refractivity contribution < 1.29 is 4.74 Å². The lowest BCUT2D eigenvalue weighted by Gasteiger charge is -2.22. The second kappa shape index (κ2) is 8.73. The zero-order valence-corrected chi connectivity index (χ0v) is 15.9. The van der Waals surface area contributed by atoms with Gasteiger partial charge in [0.1, 0.15) is 11.5 Å². The van der Waals surface area contributed by atoms with Gasteiger partial charge in [-0.1, -0.05) is 6.07 Å². The number of ether oxygens (including phenoxy) is 1. The monoisotopic (exact) mass is 368 g/mol. The first-order valence-corrected chi connectivity index (χ1v) is 9.80. The lowest BCUT2D eigenvalue weighted by atomic mass is 10.1. The highest BCUT2D eigenvalue weighted by Crippen LogP contribution is 2.25. The molecule has 0 spiro atoms. The summed E-state index contributed by atoms with van der Waals surface area (Å²) >= 11 is 0. The SMILES string of the molecule is COCCN1CC[C@H](CNc2nc(-c3ccccn3)nc3c2CCNC3)C1. The van der Waals surface area contributed by atoms with Gasteiger partial charge in [-0.3, -0.25) is 4.98 Å². The maximum atomic E-state index is 5.20.